The number of halogens is 1. The minimum absolute atomic E-state index is 0.0398. The first-order valence-corrected chi connectivity index (χ1v) is 7.63. The van der Waals surface area contributed by atoms with Crippen molar-refractivity contribution in [1.29, 1.82) is 0 Å². The van der Waals surface area contributed by atoms with E-state index in [1.54, 1.807) is 0 Å². The molecule has 4 nitrogen and oxygen atoms in total. The Morgan fingerprint density at radius 3 is 2.47 bits per heavy atom. The van der Waals surface area contributed by atoms with Crippen molar-refractivity contribution in [3.8, 4) is 0 Å². The lowest BCUT2D eigenvalue weighted by molar-refractivity contribution is 0.375. The van der Waals surface area contributed by atoms with Gasteiger partial charge in [0.05, 0.1) is 4.90 Å². The van der Waals surface area contributed by atoms with Crippen LogP contribution in [-0.2, 0) is 10.0 Å². The molecule has 0 spiro atoms. The van der Waals surface area contributed by atoms with E-state index in [-0.39, 0.29) is 21.6 Å². The Kier molecular flexibility index (Phi) is 3.35. The molecule has 1 aromatic carbocycles. The molecule has 19 heavy (non-hydrogen) atoms. The second-order valence-corrected chi connectivity index (χ2v) is 7.81. The highest BCUT2D eigenvalue weighted by Gasteiger charge is 2.37. The van der Waals surface area contributed by atoms with Gasteiger partial charge < -0.3 is 5.73 Å². The number of nitrogen functional groups attached to an aromatic ring is 1. The van der Waals surface area contributed by atoms with E-state index in [9.17, 15) is 12.8 Å². The van der Waals surface area contributed by atoms with Gasteiger partial charge in [0.2, 0.25) is 10.0 Å². The molecule has 0 radical (unpaired) electrons. The smallest absolute Gasteiger partial charge is 0.243 e. The van der Waals surface area contributed by atoms with Crippen LogP contribution in [0, 0.1) is 18.2 Å². The number of rotatable bonds is 2. The summed E-state index contributed by atoms with van der Waals surface area (Å²) < 4.78 is 39.9. The van der Waals surface area contributed by atoms with E-state index in [0.29, 0.717) is 13.1 Å². The fraction of sp³-hybridized carbons (Fsp3) is 0.538. The van der Waals surface area contributed by atoms with Gasteiger partial charge in [-0.05, 0) is 30.9 Å². The molecule has 1 aliphatic heterocycles. The Morgan fingerprint density at radius 1 is 1.37 bits per heavy atom. The lowest BCUT2D eigenvalue weighted by atomic mass is 9.93. The van der Waals surface area contributed by atoms with E-state index in [1.807, 2.05) is 13.8 Å². The predicted octanol–water partition coefficient (Wildman–Crippen LogP) is 2.14. The molecule has 1 aromatic rings. The van der Waals surface area contributed by atoms with Crippen molar-refractivity contribution in [3.63, 3.8) is 0 Å². The van der Waals surface area contributed by atoms with Gasteiger partial charge in [-0.1, -0.05) is 13.8 Å². The summed E-state index contributed by atoms with van der Waals surface area (Å²) in [6, 6.07) is 2.38. The third kappa shape index (κ3) is 2.60. The van der Waals surface area contributed by atoms with Gasteiger partial charge in [-0.2, -0.15) is 4.31 Å². The predicted molar refractivity (Wildman–Crippen MR) is 72.7 cm³/mol. The molecule has 106 valence electrons. The molecule has 1 aliphatic rings. The molecule has 6 heteroatoms. The summed E-state index contributed by atoms with van der Waals surface area (Å²) in [5.41, 5.74) is 6.05. The van der Waals surface area contributed by atoms with Gasteiger partial charge in [0.1, 0.15) is 5.82 Å². The maximum Gasteiger partial charge on any atom is 0.243 e. The van der Waals surface area contributed by atoms with Crippen LogP contribution in [-0.4, -0.2) is 25.8 Å². The van der Waals surface area contributed by atoms with E-state index < -0.39 is 15.8 Å². The standard InChI is InChI=1S/C13H19FN2O2S/c1-9-11(14)6-10(7-12(9)15)19(17,18)16-5-4-13(2,3)8-16/h6-7H,4-5,8,15H2,1-3H3. The van der Waals surface area contributed by atoms with Gasteiger partial charge in [0.15, 0.2) is 0 Å². The summed E-state index contributed by atoms with van der Waals surface area (Å²) in [6.45, 7) is 6.48. The van der Waals surface area contributed by atoms with Gasteiger partial charge in [0, 0.05) is 24.3 Å². The van der Waals surface area contributed by atoms with Crippen LogP contribution in [0.1, 0.15) is 25.8 Å². The van der Waals surface area contributed by atoms with Crippen LogP contribution < -0.4 is 5.73 Å². The monoisotopic (exact) mass is 286 g/mol. The van der Waals surface area contributed by atoms with Crippen LogP contribution in [0.15, 0.2) is 17.0 Å². The van der Waals surface area contributed by atoms with Crippen LogP contribution in [0.5, 0.6) is 0 Å². The molecule has 0 bridgehead atoms. The van der Waals surface area contributed by atoms with E-state index in [2.05, 4.69) is 0 Å². The lowest BCUT2D eigenvalue weighted by Crippen LogP contribution is -2.30. The van der Waals surface area contributed by atoms with Gasteiger partial charge in [-0.15, -0.1) is 0 Å². The van der Waals surface area contributed by atoms with Crippen molar-refractivity contribution in [2.24, 2.45) is 5.41 Å². The van der Waals surface area contributed by atoms with E-state index in [0.717, 1.165) is 12.5 Å². The molecule has 1 heterocycles. The summed E-state index contributed by atoms with van der Waals surface area (Å²) in [4.78, 5) is -0.0641. The summed E-state index contributed by atoms with van der Waals surface area (Å²) in [5, 5.41) is 0. The van der Waals surface area contributed by atoms with E-state index in [4.69, 9.17) is 5.73 Å². The topological polar surface area (TPSA) is 63.4 Å². The van der Waals surface area contributed by atoms with Crippen LogP contribution >= 0.6 is 0 Å². The van der Waals surface area contributed by atoms with Crippen molar-refractivity contribution < 1.29 is 12.8 Å². The average molecular weight is 286 g/mol. The zero-order chi connectivity index (χ0) is 14.4. The normalized spacial score (nSPS) is 19.8. The Balaban J connectivity index is 2.41. The molecule has 0 unspecified atom stereocenters. The van der Waals surface area contributed by atoms with E-state index in [1.165, 1.54) is 17.3 Å². The molecule has 2 N–H and O–H groups in total. The molecule has 0 amide bonds. The third-order valence-electron chi connectivity index (χ3n) is 3.64. The minimum Gasteiger partial charge on any atom is -0.398 e. The minimum atomic E-state index is -3.66. The molecule has 2 rings (SSSR count). The highest BCUT2D eigenvalue weighted by atomic mass is 32.2. The maximum atomic E-state index is 13.6. The SMILES string of the molecule is Cc1c(N)cc(S(=O)(=O)N2CCC(C)(C)C2)cc1F. The van der Waals surface area contributed by atoms with Crippen LogP contribution in [0.25, 0.3) is 0 Å². The van der Waals surface area contributed by atoms with Crippen molar-refractivity contribution in [1.82, 2.24) is 4.31 Å². The molecule has 0 aliphatic carbocycles. The number of nitrogens with two attached hydrogens (primary N) is 1. The van der Waals surface area contributed by atoms with Gasteiger partial charge in [-0.25, -0.2) is 12.8 Å². The van der Waals surface area contributed by atoms with Crippen molar-refractivity contribution in [3.05, 3.63) is 23.5 Å². The van der Waals surface area contributed by atoms with Gasteiger partial charge in [0.25, 0.3) is 0 Å². The summed E-state index contributed by atoms with van der Waals surface area (Å²) in [7, 11) is -3.66. The second-order valence-electron chi connectivity index (χ2n) is 5.87. The van der Waals surface area contributed by atoms with E-state index >= 15 is 0 Å². The Hall–Kier alpha value is -1.14. The molecule has 0 atom stereocenters. The zero-order valence-corrected chi connectivity index (χ0v) is 12.2. The average Bonchev–Trinajstić information content (AvgIpc) is 2.66. The summed E-state index contributed by atoms with van der Waals surface area (Å²) in [6.07, 6.45) is 0.802. The largest absolute Gasteiger partial charge is 0.398 e. The van der Waals surface area contributed by atoms with Crippen LogP contribution in [0.2, 0.25) is 0 Å². The summed E-state index contributed by atoms with van der Waals surface area (Å²) in [5.74, 6) is -0.586. The first-order valence-electron chi connectivity index (χ1n) is 6.19. The number of hydrogen-bond donors (Lipinski definition) is 1. The van der Waals surface area contributed by atoms with Crippen LogP contribution in [0.3, 0.4) is 0 Å². The van der Waals surface area contributed by atoms with Crippen LogP contribution in [0.4, 0.5) is 10.1 Å². The Morgan fingerprint density at radius 2 is 2.00 bits per heavy atom. The number of hydrogen-bond acceptors (Lipinski definition) is 3. The number of nitrogens with zero attached hydrogens (tertiary/aromatic N) is 1. The fourth-order valence-corrected chi connectivity index (χ4v) is 3.92. The van der Waals surface area contributed by atoms with Crippen molar-refractivity contribution in [2.75, 3.05) is 18.8 Å². The highest BCUT2D eigenvalue weighted by molar-refractivity contribution is 7.89. The Bertz CT molecular complexity index is 588. The van der Waals surface area contributed by atoms with Gasteiger partial charge >= 0.3 is 0 Å². The first-order chi connectivity index (χ1) is 8.63. The summed E-state index contributed by atoms with van der Waals surface area (Å²) >= 11 is 0. The molecular weight excluding hydrogens is 267 g/mol. The quantitative estimate of drug-likeness (QED) is 0.847. The number of sulfonamides is 1. The fourth-order valence-electron chi connectivity index (χ4n) is 2.24. The number of anilines is 1. The second kappa shape index (κ2) is 4.45. The maximum absolute atomic E-state index is 13.6. The van der Waals surface area contributed by atoms with Gasteiger partial charge in [-0.3, -0.25) is 0 Å². The Labute approximate surface area is 113 Å². The zero-order valence-electron chi connectivity index (χ0n) is 11.4. The molecule has 0 saturated carbocycles. The molecule has 1 saturated heterocycles. The van der Waals surface area contributed by atoms with Crippen molar-refractivity contribution >= 4 is 15.7 Å². The first kappa shape index (κ1) is 14.3. The molecular formula is C13H19FN2O2S. The highest BCUT2D eigenvalue weighted by Crippen LogP contribution is 2.33. The third-order valence-corrected chi connectivity index (χ3v) is 5.46. The lowest BCUT2D eigenvalue weighted by Gasteiger charge is -2.20. The van der Waals surface area contributed by atoms with Crippen molar-refractivity contribution in [2.45, 2.75) is 32.1 Å². The number of benzene rings is 1. The molecule has 1 fully saturated rings. The molecule has 0 aromatic heterocycles.